The Balaban J connectivity index is 1.86. The number of esters is 1. The molecule has 0 fully saturated rings. The summed E-state index contributed by atoms with van der Waals surface area (Å²) in [5.41, 5.74) is 0.591. The number of halogens is 2. The lowest BCUT2D eigenvalue weighted by atomic mass is 10.3. The molecule has 0 aliphatic heterocycles. The fourth-order valence-electron chi connectivity index (χ4n) is 1.68. The van der Waals surface area contributed by atoms with E-state index in [0.717, 1.165) is 23.9 Å². The van der Waals surface area contributed by atoms with E-state index < -0.39 is 17.6 Å². The summed E-state index contributed by atoms with van der Waals surface area (Å²) in [6.07, 6.45) is 0. The van der Waals surface area contributed by atoms with Crippen LogP contribution in [0.4, 0.5) is 14.5 Å². The standard InChI is InChI=1S/C16H13F2NO3S/c1-10(20)19-11-2-4-12(5-3-11)22-16(21)9-23-13-6-7-14(17)15(18)8-13/h2-8H,9H2,1H3,(H,19,20). The van der Waals surface area contributed by atoms with Crippen LogP contribution in [0.5, 0.6) is 5.75 Å². The zero-order valence-electron chi connectivity index (χ0n) is 12.1. The number of benzene rings is 2. The molecule has 0 bridgehead atoms. The number of carbonyl (C=O) groups is 2. The molecule has 1 amide bonds. The predicted octanol–water partition coefficient (Wildman–Crippen LogP) is 3.62. The van der Waals surface area contributed by atoms with Crippen molar-refractivity contribution in [2.24, 2.45) is 0 Å². The number of thioether (sulfide) groups is 1. The second-order valence-corrected chi connectivity index (χ2v) is 5.59. The summed E-state index contributed by atoms with van der Waals surface area (Å²) in [6, 6.07) is 9.72. The zero-order chi connectivity index (χ0) is 16.8. The Labute approximate surface area is 135 Å². The molecule has 4 nitrogen and oxygen atoms in total. The van der Waals surface area contributed by atoms with E-state index in [4.69, 9.17) is 4.74 Å². The molecule has 0 saturated carbocycles. The SMILES string of the molecule is CC(=O)Nc1ccc(OC(=O)CSc2ccc(F)c(F)c2)cc1. The van der Waals surface area contributed by atoms with Gasteiger partial charge >= 0.3 is 5.97 Å². The first kappa shape index (κ1) is 17.0. The zero-order valence-corrected chi connectivity index (χ0v) is 13.0. The Kier molecular flexibility index (Phi) is 5.70. The fourth-order valence-corrected chi connectivity index (χ4v) is 2.37. The number of rotatable bonds is 5. The van der Waals surface area contributed by atoms with Crippen molar-refractivity contribution < 1.29 is 23.1 Å². The van der Waals surface area contributed by atoms with Crippen LogP contribution in [0.15, 0.2) is 47.4 Å². The Bertz CT molecular complexity index is 720. The second kappa shape index (κ2) is 7.73. The van der Waals surface area contributed by atoms with E-state index in [9.17, 15) is 18.4 Å². The van der Waals surface area contributed by atoms with Gasteiger partial charge in [-0.3, -0.25) is 9.59 Å². The molecule has 0 aromatic heterocycles. The summed E-state index contributed by atoms with van der Waals surface area (Å²) in [4.78, 5) is 23.0. The molecule has 0 saturated heterocycles. The van der Waals surface area contributed by atoms with E-state index >= 15 is 0 Å². The van der Waals surface area contributed by atoms with Gasteiger partial charge in [-0.2, -0.15) is 0 Å². The number of amides is 1. The molecular weight excluding hydrogens is 324 g/mol. The lowest BCUT2D eigenvalue weighted by Crippen LogP contribution is -2.11. The fraction of sp³-hybridized carbons (Fsp3) is 0.125. The number of ether oxygens (including phenoxy) is 1. The maximum Gasteiger partial charge on any atom is 0.321 e. The first-order valence-electron chi connectivity index (χ1n) is 6.60. The molecule has 0 radical (unpaired) electrons. The maximum absolute atomic E-state index is 13.0. The van der Waals surface area contributed by atoms with Crippen molar-refractivity contribution in [1.82, 2.24) is 0 Å². The molecule has 23 heavy (non-hydrogen) atoms. The third-order valence-electron chi connectivity index (χ3n) is 2.65. The van der Waals surface area contributed by atoms with Crippen LogP contribution in [0.3, 0.4) is 0 Å². The van der Waals surface area contributed by atoms with Crippen molar-refractivity contribution in [2.75, 3.05) is 11.1 Å². The van der Waals surface area contributed by atoms with Crippen molar-refractivity contribution in [3.8, 4) is 5.75 Å². The highest BCUT2D eigenvalue weighted by Gasteiger charge is 2.08. The minimum absolute atomic E-state index is 0.0431. The molecule has 0 aliphatic carbocycles. The van der Waals surface area contributed by atoms with Crippen LogP contribution in [0.25, 0.3) is 0 Å². The molecule has 2 aromatic rings. The average Bonchev–Trinajstić information content (AvgIpc) is 2.50. The first-order chi connectivity index (χ1) is 10.9. The summed E-state index contributed by atoms with van der Waals surface area (Å²) in [7, 11) is 0. The third-order valence-corrected chi connectivity index (χ3v) is 3.62. The van der Waals surface area contributed by atoms with Crippen LogP contribution in [0.2, 0.25) is 0 Å². The van der Waals surface area contributed by atoms with Gasteiger partial charge in [0.05, 0.1) is 5.75 Å². The Morgan fingerprint density at radius 2 is 1.78 bits per heavy atom. The predicted molar refractivity (Wildman–Crippen MR) is 83.5 cm³/mol. The molecule has 7 heteroatoms. The van der Waals surface area contributed by atoms with Gasteiger partial charge in [-0.15, -0.1) is 11.8 Å². The molecular formula is C16H13F2NO3S. The lowest BCUT2D eigenvalue weighted by molar-refractivity contribution is -0.131. The van der Waals surface area contributed by atoms with Crippen molar-refractivity contribution >= 4 is 29.3 Å². The number of hydrogen-bond acceptors (Lipinski definition) is 4. The molecule has 0 aliphatic rings. The highest BCUT2D eigenvalue weighted by atomic mass is 32.2. The number of anilines is 1. The molecule has 1 N–H and O–H groups in total. The van der Waals surface area contributed by atoms with Crippen LogP contribution in [0.1, 0.15) is 6.92 Å². The quantitative estimate of drug-likeness (QED) is 0.514. The summed E-state index contributed by atoms with van der Waals surface area (Å²) in [5.74, 6) is -2.33. The van der Waals surface area contributed by atoms with Gasteiger partial charge in [-0.05, 0) is 42.5 Å². The number of hydrogen-bond donors (Lipinski definition) is 1. The average molecular weight is 337 g/mol. The van der Waals surface area contributed by atoms with Gasteiger partial charge < -0.3 is 10.1 Å². The van der Waals surface area contributed by atoms with Crippen molar-refractivity contribution in [1.29, 1.82) is 0 Å². The van der Waals surface area contributed by atoms with Crippen molar-refractivity contribution in [2.45, 2.75) is 11.8 Å². The van der Waals surface area contributed by atoms with Gasteiger partial charge in [-0.1, -0.05) is 0 Å². The second-order valence-electron chi connectivity index (χ2n) is 4.54. The van der Waals surface area contributed by atoms with Crippen molar-refractivity contribution in [3.05, 3.63) is 54.1 Å². The number of carbonyl (C=O) groups excluding carboxylic acids is 2. The van der Waals surface area contributed by atoms with Gasteiger partial charge in [0.15, 0.2) is 11.6 Å². The summed E-state index contributed by atoms with van der Waals surface area (Å²) in [6.45, 7) is 1.39. The normalized spacial score (nSPS) is 10.2. The lowest BCUT2D eigenvalue weighted by Gasteiger charge is -2.06. The molecule has 2 aromatic carbocycles. The summed E-state index contributed by atoms with van der Waals surface area (Å²) < 4.78 is 30.9. The maximum atomic E-state index is 13.0. The summed E-state index contributed by atoms with van der Waals surface area (Å²) >= 11 is 1.04. The highest BCUT2D eigenvalue weighted by molar-refractivity contribution is 8.00. The minimum Gasteiger partial charge on any atom is -0.426 e. The van der Waals surface area contributed by atoms with E-state index in [1.54, 1.807) is 24.3 Å². The van der Waals surface area contributed by atoms with Gasteiger partial charge in [0.25, 0.3) is 0 Å². The largest absolute Gasteiger partial charge is 0.426 e. The smallest absolute Gasteiger partial charge is 0.321 e. The van der Waals surface area contributed by atoms with Gasteiger partial charge in [0, 0.05) is 17.5 Å². The van der Waals surface area contributed by atoms with Crippen molar-refractivity contribution in [3.63, 3.8) is 0 Å². The van der Waals surface area contributed by atoms with Gasteiger partial charge in [0.2, 0.25) is 5.91 Å². The van der Waals surface area contributed by atoms with Crippen LogP contribution in [-0.2, 0) is 9.59 Å². The van der Waals surface area contributed by atoms with Crippen LogP contribution in [-0.4, -0.2) is 17.6 Å². The van der Waals surface area contributed by atoms with E-state index in [1.165, 1.54) is 13.0 Å². The third kappa shape index (κ3) is 5.37. The molecule has 0 heterocycles. The van der Waals surface area contributed by atoms with E-state index in [1.807, 2.05) is 0 Å². The monoisotopic (exact) mass is 337 g/mol. The van der Waals surface area contributed by atoms with E-state index in [0.29, 0.717) is 16.3 Å². The molecule has 0 atom stereocenters. The van der Waals surface area contributed by atoms with Gasteiger partial charge in [-0.25, -0.2) is 8.78 Å². The van der Waals surface area contributed by atoms with E-state index in [2.05, 4.69) is 5.32 Å². The minimum atomic E-state index is -0.961. The van der Waals surface area contributed by atoms with Crippen LogP contribution < -0.4 is 10.1 Å². The topological polar surface area (TPSA) is 55.4 Å². The molecule has 0 spiro atoms. The summed E-state index contributed by atoms with van der Waals surface area (Å²) in [5, 5.41) is 2.59. The van der Waals surface area contributed by atoms with Crippen LogP contribution >= 0.6 is 11.8 Å². The van der Waals surface area contributed by atoms with E-state index in [-0.39, 0.29) is 11.7 Å². The Morgan fingerprint density at radius 1 is 1.09 bits per heavy atom. The van der Waals surface area contributed by atoms with Gasteiger partial charge in [0.1, 0.15) is 5.75 Å². The number of nitrogens with one attached hydrogen (secondary N) is 1. The molecule has 0 unspecified atom stereocenters. The Hall–Kier alpha value is -2.41. The highest BCUT2D eigenvalue weighted by Crippen LogP contribution is 2.21. The Morgan fingerprint density at radius 3 is 2.39 bits per heavy atom. The molecule has 120 valence electrons. The first-order valence-corrected chi connectivity index (χ1v) is 7.59. The molecule has 2 rings (SSSR count). The van der Waals surface area contributed by atoms with Crippen LogP contribution in [0, 0.1) is 11.6 Å².